The third kappa shape index (κ3) is 3.83. The molecule has 0 saturated heterocycles. The standard InChI is InChI=1S/C17H21ClN2/c1-13(16-7-4-8-17(18)10-16)20(2)12-15-6-3-5-14(9-15)11-19/h3-10,13H,11-12,19H2,1-2H3. The number of nitrogens with two attached hydrogens (primary N) is 1. The average Bonchev–Trinajstić information content (AvgIpc) is 2.46. The molecule has 0 aliphatic heterocycles. The van der Waals surface area contributed by atoms with Crippen LogP contribution in [0, 0.1) is 0 Å². The highest BCUT2D eigenvalue weighted by Crippen LogP contribution is 2.23. The maximum absolute atomic E-state index is 6.06. The molecule has 20 heavy (non-hydrogen) atoms. The number of rotatable bonds is 5. The maximum Gasteiger partial charge on any atom is 0.0409 e. The second-order valence-corrected chi connectivity index (χ2v) is 5.61. The molecule has 0 aliphatic carbocycles. The number of hydrogen-bond donors (Lipinski definition) is 1. The fraction of sp³-hybridized carbons (Fsp3) is 0.294. The van der Waals surface area contributed by atoms with Crippen molar-refractivity contribution in [2.24, 2.45) is 5.73 Å². The number of hydrogen-bond acceptors (Lipinski definition) is 2. The lowest BCUT2D eigenvalue weighted by Gasteiger charge is -2.25. The molecule has 0 aliphatic rings. The van der Waals surface area contributed by atoms with Gasteiger partial charge in [0.15, 0.2) is 0 Å². The molecule has 0 aromatic heterocycles. The first-order valence-electron chi connectivity index (χ1n) is 6.83. The van der Waals surface area contributed by atoms with Crippen LogP contribution in [0.1, 0.15) is 29.7 Å². The summed E-state index contributed by atoms with van der Waals surface area (Å²) in [5, 5.41) is 0.785. The van der Waals surface area contributed by atoms with E-state index in [1.807, 2.05) is 18.2 Å². The lowest BCUT2D eigenvalue weighted by atomic mass is 10.1. The number of halogens is 1. The zero-order chi connectivity index (χ0) is 14.5. The van der Waals surface area contributed by atoms with Crippen molar-refractivity contribution in [3.63, 3.8) is 0 Å². The van der Waals surface area contributed by atoms with Crippen LogP contribution in [0.5, 0.6) is 0 Å². The van der Waals surface area contributed by atoms with E-state index in [0.29, 0.717) is 12.6 Å². The molecule has 0 bridgehead atoms. The van der Waals surface area contributed by atoms with Gasteiger partial charge in [-0.15, -0.1) is 0 Å². The molecule has 2 aromatic carbocycles. The van der Waals surface area contributed by atoms with Gasteiger partial charge in [0, 0.05) is 24.2 Å². The van der Waals surface area contributed by atoms with Crippen molar-refractivity contribution in [3.8, 4) is 0 Å². The average molecular weight is 289 g/mol. The zero-order valence-corrected chi connectivity index (χ0v) is 12.8. The highest BCUT2D eigenvalue weighted by Gasteiger charge is 2.12. The lowest BCUT2D eigenvalue weighted by Crippen LogP contribution is -2.22. The summed E-state index contributed by atoms with van der Waals surface area (Å²) >= 11 is 6.06. The lowest BCUT2D eigenvalue weighted by molar-refractivity contribution is 0.253. The van der Waals surface area contributed by atoms with Crippen LogP contribution in [-0.2, 0) is 13.1 Å². The summed E-state index contributed by atoms with van der Waals surface area (Å²) in [5.41, 5.74) is 9.37. The van der Waals surface area contributed by atoms with Gasteiger partial charge in [0.1, 0.15) is 0 Å². The van der Waals surface area contributed by atoms with Crippen LogP contribution in [-0.4, -0.2) is 11.9 Å². The fourth-order valence-corrected chi connectivity index (χ4v) is 2.50. The monoisotopic (exact) mass is 288 g/mol. The number of benzene rings is 2. The molecule has 2 nitrogen and oxygen atoms in total. The summed E-state index contributed by atoms with van der Waals surface area (Å²) in [4.78, 5) is 2.31. The molecule has 2 aromatic rings. The summed E-state index contributed by atoms with van der Waals surface area (Å²) in [6, 6.07) is 16.8. The van der Waals surface area contributed by atoms with Crippen molar-refractivity contribution in [1.29, 1.82) is 0 Å². The second kappa shape index (κ2) is 6.89. The van der Waals surface area contributed by atoms with E-state index in [1.165, 1.54) is 16.7 Å². The normalized spacial score (nSPS) is 12.7. The van der Waals surface area contributed by atoms with Crippen LogP contribution in [0.15, 0.2) is 48.5 Å². The van der Waals surface area contributed by atoms with Crippen LogP contribution in [0.3, 0.4) is 0 Å². The van der Waals surface area contributed by atoms with Crippen molar-refractivity contribution in [2.75, 3.05) is 7.05 Å². The van der Waals surface area contributed by atoms with Gasteiger partial charge in [-0.2, -0.15) is 0 Å². The molecule has 0 spiro atoms. The summed E-state index contributed by atoms with van der Waals surface area (Å²) in [6.45, 7) is 3.67. The maximum atomic E-state index is 6.06. The highest BCUT2D eigenvalue weighted by atomic mass is 35.5. The Labute approximate surface area is 126 Å². The molecule has 0 saturated carbocycles. The van der Waals surface area contributed by atoms with Gasteiger partial charge >= 0.3 is 0 Å². The fourth-order valence-electron chi connectivity index (χ4n) is 2.30. The molecule has 1 atom stereocenters. The first-order valence-corrected chi connectivity index (χ1v) is 7.21. The van der Waals surface area contributed by atoms with Crippen LogP contribution >= 0.6 is 11.6 Å². The molecular weight excluding hydrogens is 268 g/mol. The molecule has 0 fully saturated rings. The van der Waals surface area contributed by atoms with E-state index in [4.69, 9.17) is 17.3 Å². The predicted octanol–water partition coefficient (Wildman–Crippen LogP) is 3.99. The van der Waals surface area contributed by atoms with E-state index in [1.54, 1.807) is 0 Å². The zero-order valence-electron chi connectivity index (χ0n) is 12.0. The van der Waals surface area contributed by atoms with Gasteiger partial charge in [0.05, 0.1) is 0 Å². The minimum absolute atomic E-state index is 0.315. The van der Waals surface area contributed by atoms with E-state index in [-0.39, 0.29) is 0 Å². The Morgan fingerprint density at radius 2 is 1.80 bits per heavy atom. The molecule has 2 rings (SSSR count). The molecule has 0 radical (unpaired) electrons. The van der Waals surface area contributed by atoms with E-state index in [2.05, 4.69) is 49.2 Å². The topological polar surface area (TPSA) is 29.3 Å². The summed E-state index contributed by atoms with van der Waals surface area (Å²) in [6.07, 6.45) is 0. The molecule has 0 amide bonds. The second-order valence-electron chi connectivity index (χ2n) is 5.17. The van der Waals surface area contributed by atoms with Gasteiger partial charge in [0.25, 0.3) is 0 Å². The molecule has 2 N–H and O–H groups in total. The van der Waals surface area contributed by atoms with E-state index < -0.39 is 0 Å². The van der Waals surface area contributed by atoms with Crippen molar-refractivity contribution in [3.05, 3.63) is 70.2 Å². The summed E-state index contributed by atoms with van der Waals surface area (Å²) < 4.78 is 0. The minimum atomic E-state index is 0.315. The third-order valence-electron chi connectivity index (χ3n) is 3.65. The van der Waals surface area contributed by atoms with Crippen molar-refractivity contribution >= 4 is 11.6 Å². The van der Waals surface area contributed by atoms with Crippen molar-refractivity contribution < 1.29 is 0 Å². The largest absolute Gasteiger partial charge is 0.326 e. The first kappa shape index (κ1) is 15.0. The van der Waals surface area contributed by atoms with Gasteiger partial charge in [-0.3, -0.25) is 4.90 Å². The van der Waals surface area contributed by atoms with Crippen LogP contribution in [0.4, 0.5) is 0 Å². The van der Waals surface area contributed by atoms with Crippen LogP contribution in [0.2, 0.25) is 5.02 Å². The quantitative estimate of drug-likeness (QED) is 0.901. The van der Waals surface area contributed by atoms with Gasteiger partial charge in [-0.25, -0.2) is 0 Å². The predicted molar refractivity (Wildman–Crippen MR) is 85.7 cm³/mol. The van der Waals surface area contributed by atoms with E-state index in [9.17, 15) is 0 Å². The first-order chi connectivity index (χ1) is 9.60. The summed E-state index contributed by atoms with van der Waals surface area (Å²) in [7, 11) is 2.13. The Morgan fingerprint density at radius 3 is 2.50 bits per heavy atom. The Bertz CT molecular complexity index is 568. The Hall–Kier alpha value is -1.35. The SMILES string of the molecule is CC(c1cccc(Cl)c1)N(C)Cc1cccc(CN)c1. The molecule has 0 heterocycles. The molecular formula is C17H21ClN2. The third-order valence-corrected chi connectivity index (χ3v) is 3.89. The Kier molecular flexibility index (Phi) is 5.18. The van der Waals surface area contributed by atoms with Gasteiger partial charge < -0.3 is 5.73 Å². The summed E-state index contributed by atoms with van der Waals surface area (Å²) in [5.74, 6) is 0. The Morgan fingerprint density at radius 1 is 1.10 bits per heavy atom. The molecule has 1 unspecified atom stereocenters. The van der Waals surface area contributed by atoms with Crippen LogP contribution in [0.25, 0.3) is 0 Å². The van der Waals surface area contributed by atoms with E-state index >= 15 is 0 Å². The smallest absolute Gasteiger partial charge is 0.0409 e. The van der Waals surface area contributed by atoms with Crippen molar-refractivity contribution in [2.45, 2.75) is 26.1 Å². The van der Waals surface area contributed by atoms with Crippen LogP contribution < -0.4 is 5.73 Å². The van der Waals surface area contributed by atoms with Crippen molar-refractivity contribution in [1.82, 2.24) is 4.90 Å². The molecule has 3 heteroatoms. The number of nitrogens with zero attached hydrogens (tertiary/aromatic N) is 1. The van der Waals surface area contributed by atoms with Gasteiger partial charge in [-0.1, -0.05) is 48.0 Å². The highest BCUT2D eigenvalue weighted by molar-refractivity contribution is 6.30. The molecule has 106 valence electrons. The Balaban J connectivity index is 2.09. The van der Waals surface area contributed by atoms with Gasteiger partial charge in [-0.05, 0) is 42.8 Å². The van der Waals surface area contributed by atoms with E-state index in [0.717, 1.165) is 11.6 Å². The minimum Gasteiger partial charge on any atom is -0.326 e. The van der Waals surface area contributed by atoms with Gasteiger partial charge in [0.2, 0.25) is 0 Å².